The van der Waals surface area contributed by atoms with Crippen LogP contribution in [0.1, 0.15) is 5.56 Å². The molecule has 0 aliphatic rings. The molecule has 17 heavy (non-hydrogen) atoms. The topological polar surface area (TPSA) is 45.3 Å². The minimum atomic E-state index is -0.0490. The molecular weight excluding hydrogens is 212 g/mol. The van der Waals surface area contributed by atoms with Crippen LogP contribution >= 0.6 is 0 Å². The summed E-state index contributed by atoms with van der Waals surface area (Å²) in [4.78, 5) is 12.3. The van der Waals surface area contributed by atoms with E-state index in [2.05, 4.69) is 0 Å². The summed E-state index contributed by atoms with van der Waals surface area (Å²) in [7, 11) is 0. The number of benzene rings is 1. The van der Waals surface area contributed by atoms with Gasteiger partial charge in [-0.1, -0.05) is 24.3 Å². The van der Waals surface area contributed by atoms with Gasteiger partial charge in [0.2, 0.25) is 5.43 Å². The SMILES string of the molecule is N#Cc1cc2c(=O)c3ccccc3ccn2c1. The Morgan fingerprint density at radius 3 is 2.82 bits per heavy atom. The van der Waals surface area contributed by atoms with Gasteiger partial charge in [-0.05, 0) is 17.5 Å². The van der Waals surface area contributed by atoms with Crippen LogP contribution in [0.3, 0.4) is 0 Å². The molecular formula is C14H8N2O. The van der Waals surface area contributed by atoms with Crippen molar-refractivity contribution >= 4 is 16.3 Å². The third-order valence-electron chi connectivity index (χ3n) is 2.83. The van der Waals surface area contributed by atoms with E-state index in [0.29, 0.717) is 16.5 Å². The Bertz CT molecular complexity index is 825. The number of hydrogen-bond donors (Lipinski definition) is 0. The van der Waals surface area contributed by atoms with Gasteiger partial charge in [0.05, 0.1) is 11.1 Å². The van der Waals surface area contributed by atoms with Crippen LogP contribution in [-0.4, -0.2) is 4.40 Å². The van der Waals surface area contributed by atoms with Gasteiger partial charge in [0.1, 0.15) is 6.07 Å². The molecule has 2 aromatic heterocycles. The lowest BCUT2D eigenvalue weighted by Crippen LogP contribution is -1.99. The zero-order valence-corrected chi connectivity index (χ0v) is 8.92. The van der Waals surface area contributed by atoms with Gasteiger partial charge in [-0.3, -0.25) is 4.79 Å². The Balaban J connectivity index is 2.60. The Labute approximate surface area is 97.2 Å². The van der Waals surface area contributed by atoms with E-state index in [1.807, 2.05) is 30.3 Å². The first-order chi connectivity index (χ1) is 8.29. The van der Waals surface area contributed by atoms with E-state index in [-0.39, 0.29) is 5.43 Å². The Kier molecular flexibility index (Phi) is 1.96. The Morgan fingerprint density at radius 2 is 2.00 bits per heavy atom. The summed E-state index contributed by atoms with van der Waals surface area (Å²) < 4.78 is 1.70. The van der Waals surface area contributed by atoms with Crippen LogP contribution in [0.25, 0.3) is 16.3 Å². The van der Waals surface area contributed by atoms with Gasteiger partial charge >= 0.3 is 0 Å². The first-order valence-corrected chi connectivity index (χ1v) is 5.23. The maximum Gasteiger partial charge on any atom is 0.210 e. The molecule has 0 amide bonds. The second kappa shape index (κ2) is 3.46. The highest BCUT2D eigenvalue weighted by molar-refractivity contribution is 5.84. The second-order valence-corrected chi connectivity index (χ2v) is 3.87. The standard InChI is InChI=1S/C14H8N2O/c15-8-10-7-13-14(17)12-4-2-1-3-11(12)5-6-16(13)9-10/h1-7,9H. The van der Waals surface area contributed by atoms with E-state index in [1.165, 1.54) is 0 Å². The van der Waals surface area contributed by atoms with Crippen LogP contribution in [0.4, 0.5) is 0 Å². The fourth-order valence-electron chi connectivity index (χ4n) is 1.99. The van der Waals surface area contributed by atoms with E-state index >= 15 is 0 Å². The fraction of sp³-hybridized carbons (Fsp3) is 0. The van der Waals surface area contributed by atoms with Gasteiger partial charge in [0, 0.05) is 17.8 Å². The van der Waals surface area contributed by atoms with Crippen molar-refractivity contribution in [2.75, 3.05) is 0 Å². The van der Waals surface area contributed by atoms with E-state index in [4.69, 9.17) is 5.26 Å². The summed E-state index contributed by atoms with van der Waals surface area (Å²) in [5.41, 5.74) is 0.979. The highest BCUT2D eigenvalue weighted by Gasteiger charge is 2.04. The number of fused-ring (bicyclic) bond motifs is 2. The average Bonchev–Trinajstić information content (AvgIpc) is 2.74. The van der Waals surface area contributed by atoms with Crippen LogP contribution in [-0.2, 0) is 0 Å². The summed E-state index contributed by atoms with van der Waals surface area (Å²) in [5, 5.41) is 10.4. The van der Waals surface area contributed by atoms with Crippen LogP contribution in [0.2, 0.25) is 0 Å². The average molecular weight is 220 g/mol. The lowest BCUT2D eigenvalue weighted by Gasteiger charge is -1.87. The molecule has 0 saturated carbocycles. The lowest BCUT2D eigenvalue weighted by atomic mass is 10.2. The summed E-state index contributed by atoms with van der Waals surface area (Å²) in [6.45, 7) is 0. The monoisotopic (exact) mass is 220 g/mol. The molecule has 0 aliphatic heterocycles. The van der Waals surface area contributed by atoms with Crippen LogP contribution in [0.15, 0.2) is 53.6 Å². The lowest BCUT2D eigenvalue weighted by molar-refractivity contribution is 1.21. The number of rotatable bonds is 0. The summed E-state index contributed by atoms with van der Waals surface area (Å²) >= 11 is 0. The second-order valence-electron chi connectivity index (χ2n) is 3.87. The van der Waals surface area contributed by atoms with Crippen molar-refractivity contribution in [1.82, 2.24) is 4.40 Å². The van der Waals surface area contributed by atoms with Crippen molar-refractivity contribution in [1.29, 1.82) is 5.26 Å². The molecule has 0 aliphatic carbocycles. The third-order valence-corrected chi connectivity index (χ3v) is 2.83. The predicted octanol–water partition coefficient (Wildman–Crippen LogP) is 2.32. The van der Waals surface area contributed by atoms with Crippen molar-refractivity contribution in [3.05, 3.63) is 64.6 Å². The molecule has 0 atom stereocenters. The van der Waals surface area contributed by atoms with Crippen molar-refractivity contribution in [2.45, 2.75) is 0 Å². The van der Waals surface area contributed by atoms with Crippen molar-refractivity contribution in [3.8, 4) is 6.07 Å². The van der Waals surface area contributed by atoms with E-state index in [0.717, 1.165) is 5.39 Å². The molecule has 0 unspecified atom stereocenters. The summed E-state index contributed by atoms with van der Waals surface area (Å²) in [6, 6.07) is 13.0. The van der Waals surface area contributed by atoms with Gasteiger partial charge in [-0.15, -0.1) is 0 Å². The molecule has 1 aromatic carbocycles. The molecule has 0 spiro atoms. The molecule has 0 radical (unpaired) electrons. The van der Waals surface area contributed by atoms with Crippen LogP contribution in [0.5, 0.6) is 0 Å². The molecule has 80 valence electrons. The number of hydrogen-bond acceptors (Lipinski definition) is 2. The Hall–Kier alpha value is -2.60. The maximum atomic E-state index is 12.3. The van der Waals surface area contributed by atoms with E-state index in [9.17, 15) is 4.79 Å². The van der Waals surface area contributed by atoms with Crippen LogP contribution < -0.4 is 5.43 Å². The first kappa shape index (κ1) is 9.61. The molecule has 3 heteroatoms. The Morgan fingerprint density at radius 1 is 1.18 bits per heavy atom. The summed E-state index contributed by atoms with van der Waals surface area (Å²) in [5.74, 6) is 0. The summed E-state index contributed by atoms with van der Waals surface area (Å²) in [6.07, 6.45) is 3.47. The van der Waals surface area contributed by atoms with E-state index in [1.54, 1.807) is 28.9 Å². The molecule has 0 saturated heterocycles. The molecule has 0 fully saturated rings. The largest absolute Gasteiger partial charge is 0.319 e. The molecule has 3 aromatic rings. The van der Waals surface area contributed by atoms with Gasteiger partial charge < -0.3 is 4.40 Å². The highest BCUT2D eigenvalue weighted by Crippen LogP contribution is 2.11. The molecule has 3 rings (SSSR count). The zero-order chi connectivity index (χ0) is 11.8. The first-order valence-electron chi connectivity index (χ1n) is 5.23. The van der Waals surface area contributed by atoms with E-state index < -0.39 is 0 Å². The normalized spacial score (nSPS) is 10.5. The van der Waals surface area contributed by atoms with Gasteiger partial charge in [-0.2, -0.15) is 5.26 Å². The highest BCUT2D eigenvalue weighted by atomic mass is 16.1. The molecule has 0 N–H and O–H groups in total. The number of aromatic nitrogens is 1. The molecule has 3 nitrogen and oxygen atoms in total. The molecule has 2 heterocycles. The van der Waals surface area contributed by atoms with Gasteiger partial charge in [-0.25, -0.2) is 0 Å². The zero-order valence-electron chi connectivity index (χ0n) is 8.92. The van der Waals surface area contributed by atoms with Crippen molar-refractivity contribution < 1.29 is 0 Å². The smallest absolute Gasteiger partial charge is 0.210 e. The quantitative estimate of drug-likeness (QED) is 0.583. The van der Waals surface area contributed by atoms with Gasteiger partial charge in [0.25, 0.3) is 0 Å². The van der Waals surface area contributed by atoms with Crippen molar-refractivity contribution in [2.24, 2.45) is 0 Å². The number of nitriles is 1. The maximum absolute atomic E-state index is 12.3. The van der Waals surface area contributed by atoms with Gasteiger partial charge in [0.15, 0.2) is 0 Å². The third kappa shape index (κ3) is 1.39. The number of nitrogens with zero attached hydrogens (tertiary/aromatic N) is 2. The minimum absolute atomic E-state index is 0.0490. The van der Waals surface area contributed by atoms with Crippen LogP contribution in [0, 0.1) is 11.3 Å². The predicted molar refractivity (Wildman–Crippen MR) is 65.9 cm³/mol. The molecule has 0 bridgehead atoms. The fourth-order valence-corrected chi connectivity index (χ4v) is 1.99. The minimum Gasteiger partial charge on any atom is -0.319 e. The van der Waals surface area contributed by atoms with Crippen molar-refractivity contribution in [3.63, 3.8) is 0 Å².